The predicted octanol–water partition coefficient (Wildman–Crippen LogP) is 2.45. The Hall–Kier alpha value is -3.94. The maximum atomic E-state index is 12.9. The molecule has 3 rings (SSSR count). The molecule has 8 nitrogen and oxygen atoms in total. The summed E-state index contributed by atoms with van der Waals surface area (Å²) in [5, 5.41) is 11.3. The van der Waals surface area contributed by atoms with Gasteiger partial charge in [-0.3, -0.25) is 14.9 Å². The first-order valence-corrected chi connectivity index (χ1v) is 8.39. The van der Waals surface area contributed by atoms with Crippen LogP contribution in [0, 0.1) is 0 Å². The summed E-state index contributed by atoms with van der Waals surface area (Å²) in [6, 6.07) is 11.4. The summed E-state index contributed by atoms with van der Waals surface area (Å²) in [5.74, 6) is -2.54. The van der Waals surface area contributed by atoms with Crippen LogP contribution in [0.5, 0.6) is 5.75 Å². The fourth-order valence-corrected chi connectivity index (χ4v) is 2.71. The molecule has 1 heterocycles. The number of nitrogens with one attached hydrogen (secondary N) is 1. The van der Waals surface area contributed by atoms with Gasteiger partial charge >= 0.3 is 12.0 Å². The summed E-state index contributed by atoms with van der Waals surface area (Å²) in [6.45, 7) is 2.05. The van der Waals surface area contributed by atoms with E-state index < -0.39 is 23.8 Å². The molecule has 0 spiro atoms. The van der Waals surface area contributed by atoms with Gasteiger partial charge in [-0.25, -0.2) is 14.5 Å². The van der Waals surface area contributed by atoms with Crippen molar-refractivity contribution < 1.29 is 29.0 Å². The highest BCUT2D eigenvalue weighted by atomic mass is 16.5. The molecule has 1 aliphatic heterocycles. The fraction of sp³-hybridized carbons (Fsp3) is 0.100. The SMILES string of the molecule is CCOc1ccc(C(=O)O)cc1C=C1C(=O)NC(=O)N(c2ccccc2)C1=O. The minimum Gasteiger partial charge on any atom is -0.493 e. The van der Waals surface area contributed by atoms with Crippen molar-refractivity contribution >= 4 is 35.6 Å². The van der Waals surface area contributed by atoms with Crippen LogP contribution in [0.2, 0.25) is 0 Å². The molecule has 1 aliphatic rings. The number of carbonyl (C=O) groups excluding carboxylic acids is 3. The Bertz CT molecular complexity index is 997. The first-order valence-electron chi connectivity index (χ1n) is 8.39. The van der Waals surface area contributed by atoms with Gasteiger partial charge in [0.25, 0.3) is 11.8 Å². The standard InChI is InChI=1S/C20H16N2O6/c1-2-28-16-9-8-12(19(25)26)10-13(16)11-15-17(23)21-20(27)22(18(15)24)14-6-4-3-5-7-14/h3-11H,2H2,1H3,(H,25,26)(H,21,23,27). The average molecular weight is 380 g/mol. The third-order valence-corrected chi connectivity index (χ3v) is 3.97. The fourth-order valence-electron chi connectivity index (χ4n) is 2.71. The molecule has 1 fully saturated rings. The lowest BCUT2D eigenvalue weighted by Crippen LogP contribution is -2.54. The number of anilines is 1. The maximum Gasteiger partial charge on any atom is 0.335 e. The number of hydrogen-bond donors (Lipinski definition) is 2. The molecule has 0 aromatic heterocycles. The van der Waals surface area contributed by atoms with Crippen molar-refractivity contribution in [1.29, 1.82) is 0 Å². The summed E-state index contributed by atoms with van der Waals surface area (Å²) in [4.78, 5) is 49.4. The highest BCUT2D eigenvalue weighted by molar-refractivity contribution is 6.39. The number of carboxylic acids is 1. The van der Waals surface area contributed by atoms with Crippen LogP contribution in [0.25, 0.3) is 6.08 Å². The van der Waals surface area contributed by atoms with E-state index >= 15 is 0 Å². The third-order valence-electron chi connectivity index (χ3n) is 3.97. The Morgan fingerprint density at radius 1 is 1.14 bits per heavy atom. The number of urea groups is 1. The molecule has 0 radical (unpaired) electrons. The van der Waals surface area contributed by atoms with E-state index in [9.17, 15) is 24.3 Å². The van der Waals surface area contributed by atoms with Gasteiger partial charge in [0.1, 0.15) is 11.3 Å². The third kappa shape index (κ3) is 3.61. The topological polar surface area (TPSA) is 113 Å². The van der Waals surface area contributed by atoms with E-state index in [1.807, 2.05) is 0 Å². The van der Waals surface area contributed by atoms with E-state index in [4.69, 9.17) is 4.74 Å². The van der Waals surface area contributed by atoms with Crippen LogP contribution < -0.4 is 15.0 Å². The van der Waals surface area contributed by atoms with Gasteiger partial charge in [-0.1, -0.05) is 18.2 Å². The minimum atomic E-state index is -1.16. The van der Waals surface area contributed by atoms with Crippen molar-refractivity contribution in [3.63, 3.8) is 0 Å². The van der Waals surface area contributed by atoms with Gasteiger partial charge in [-0.05, 0) is 43.3 Å². The number of carbonyl (C=O) groups is 4. The highest BCUT2D eigenvalue weighted by Gasteiger charge is 2.36. The number of hydrogen-bond acceptors (Lipinski definition) is 5. The second kappa shape index (κ2) is 7.75. The second-order valence-electron chi connectivity index (χ2n) is 5.78. The van der Waals surface area contributed by atoms with Crippen molar-refractivity contribution in [2.45, 2.75) is 6.92 Å². The number of imide groups is 2. The monoisotopic (exact) mass is 380 g/mol. The number of nitrogens with zero attached hydrogens (tertiary/aromatic N) is 1. The molecule has 0 unspecified atom stereocenters. The average Bonchev–Trinajstić information content (AvgIpc) is 2.67. The molecule has 1 saturated heterocycles. The molecule has 0 atom stereocenters. The molecule has 0 saturated carbocycles. The number of para-hydroxylation sites is 1. The number of rotatable bonds is 5. The van der Waals surface area contributed by atoms with Gasteiger partial charge < -0.3 is 9.84 Å². The van der Waals surface area contributed by atoms with Crippen LogP contribution in [0.3, 0.4) is 0 Å². The van der Waals surface area contributed by atoms with Gasteiger partial charge in [0, 0.05) is 5.56 Å². The number of amides is 4. The van der Waals surface area contributed by atoms with Gasteiger partial charge in [-0.15, -0.1) is 0 Å². The van der Waals surface area contributed by atoms with E-state index in [1.54, 1.807) is 37.3 Å². The first kappa shape index (κ1) is 18.8. The summed E-state index contributed by atoms with van der Waals surface area (Å²) < 4.78 is 5.46. The number of aromatic carboxylic acids is 1. The van der Waals surface area contributed by atoms with Gasteiger partial charge in [-0.2, -0.15) is 0 Å². The zero-order chi connectivity index (χ0) is 20.3. The Kier molecular flexibility index (Phi) is 5.21. The summed E-state index contributed by atoms with van der Waals surface area (Å²) in [5.41, 5.74) is 0.192. The van der Waals surface area contributed by atoms with Gasteiger partial charge in [0.15, 0.2) is 0 Å². The number of barbiturate groups is 1. The molecule has 8 heteroatoms. The Morgan fingerprint density at radius 3 is 2.50 bits per heavy atom. The van der Waals surface area contributed by atoms with E-state index in [2.05, 4.69) is 5.32 Å². The molecule has 28 heavy (non-hydrogen) atoms. The van der Waals surface area contributed by atoms with Crippen LogP contribution in [0.4, 0.5) is 10.5 Å². The molecule has 4 amide bonds. The zero-order valence-electron chi connectivity index (χ0n) is 14.8. The number of ether oxygens (including phenoxy) is 1. The number of benzene rings is 2. The predicted molar refractivity (Wildman–Crippen MR) is 100 cm³/mol. The normalized spacial score (nSPS) is 15.5. The van der Waals surface area contributed by atoms with Crippen molar-refractivity contribution in [1.82, 2.24) is 5.32 Å². The molecular formula is C20H16N2O6. The smallest absolute Gasteiger partial charge is 0.335 e. The van der Waals surface area contributed by atoms with Crippen molar-refractivity contribution in [2.75, 3.05) is 11.5 Å². The highest BCUT2D eigenvalue weighted by Crippen LogP contribution is 2.26. The van der Waals surface area contributed by atoms with E-state index in [0.29, 0.717) is 18.0 Å². The van der Waals surface area contributed by atoms with Crippen LogP contribution in [-0.4, -0.2) is 35.5 Å². The number of carboxylic acid groups (broad SMARTS) is 1. The second-order valence-corrected chi connectivity index (χ2v) is 5.78. The minimum absolute atomic E-state index is 0.0324. The van der Waals surface area contributed by atoms with E-state index in [1.165, 1.54) is 24.3 Å². The largest absolute Gasteiger partial charge is 0.493 e. The molecule has 2 aromatic rings. The van der Waals surface area contributed by atoms with Crippen LogP contribution >= 0.6 is 0 Å². The lowest BCUT2D eigenvalue weighted by molar-refractivity contribution is -0.122. The quantitative estimate of drug-likeness (QED) is 0.609. The van der Waals surface area contributed by atoms with Crippen molar-refractivity contribution in [3.05, 3.63) is 65.2 Å². The molecule has 2 aromatic carbocycles. The zero-order valence-corrected chi connectivity index (χ0v) is 14.8. The molecule has 142 valence electrons. The van der Waals surface area contributed by atoms with Crippen LogP contribution in [0.1, 0.15) is 22.8 Å². The van der Waals surface area contributed by atoms with Crippen molar-refractivity contribution in [3.8, 4) is 5.75 Å². The first-order chi connectivity index (χ1) is 13.4. The lowest BCUT2D eigenvalue weighted by atomic mass is 10.0. The Balaban J connectivity index is 2.08. The molecule has 2 N–H and O–H groups in total. The summed E-state index contributed by atoms with van der Waals surface area (Å²) in [7, 11) is 0. The molecule has 0 aliphatic carbocycles. The van der Waals surface area contributed by atoms with E-state index in [-0.39, 0.29) is 16.7 Å². The van der Waals surface area contributed by atoms with Crippen LogP contribution in [-0.2, 0) is 9.59 Å². The lowest BCUT2D eigenvalue weighted by Gasteiger charge is -2.26. The maximum absolute atomic E-state index is 12.9. The summed E-state index contributed by atoms with van der Waals surface area (Å²) >= 11 is 0. The van der Waals surface area contributed by atoms with Gasteiger partial charge in [0.05, 0.1) is 17.9 Å². The summed E-state index contributed by atoms with van der Waals surface area (Å²) in [6.07, 6.45) is 1.22. The Labute approximate surface area is 160 Å². The van der Waals surface area contributed by atoms with Crippen molar-refractivity contribution in [2.24, 2.45) is 0 Å². The van der Waals surface area contributed by atoms with E-state index in [0.717, 1.165) is 4.90 Å². The molecule has 0 bridgehead atoms. The Morgan fingerprint density at radius 2 is 1.86 bits per heavy atom. The van der Waals surface area contributed by atoms with Gasteiger partial charge in [0.2, 0.25) is 0 Å². The molecular weight excluding hydrogens is 364 g/mol. The van der Waals surface area contributed by atoms with Crippen LogP contribution in [0.15, 0.2) is 54.1 Å².